The van der Waals surface area contributed by atoms with E-state index in [9.17, 15) is 14.0 Å². The van der Waals surface area contributed by atoms with E-state index in [2.05, 4.69) is 43.3 Å². The molecule has 0 radical (unpaired) electrons. The summed E-state index contributed by atoms with van der Waals surface area (Å²) in [6.45, 7) is 8.23. The number of rotatable bonds is 11. The van der Waals surface area contributed by atoms with Gasteiger partial charge in [0.15, 0.2) is 11.0 Å². The van der Waals surface area contributed by atoms with Crippen molar-refractivity contribution in [2.45, 2.75) is 38.0 Å². The van der Waals surface area contributed by atoms with E-state index in [0.29, 0.717) is 39.0 Å². The lowest BCUT2D eigenvalue weighted by Gasteiger charge is -2.21. The third-order valence-electron chi connectivity index (χ3n) is 5.09. The Hall–Kier alpha value is -2.40. The van der Waals surface area contributed by atoms with Gasteiger partial charge in [-0.05, 0) is 48.7 Å². The Morgan fingerprint density at radius 3 is 2.62 bits per heavy atom. The minimum absolute atomic E-state index is 0.0215. The molecule has 0 saturated carbocycles. The fraction of sp³-hybridized carbons (Fsp3) is 0.280. The molecule has 0 aliphatic rings. The predicted molar refractivity (Wildman–Crippen MR) is 150 cm³/mol. The van der Waals surface area contributed by atoms with Gasteiger partial charge in [0.1, 0.15) is 5.82 Å². The lowest BCUT2D eigenvalue weighted by atomic mass is 10.0. The van der Waals surface area contributed by atoms with E-state index in [1.807, 2.05) is 13.8 Å². The number of thioether (sulfide) groups is 1. The maximum absolute atomic E-state index is 14.1. The minimum atomic E-state index is -0.544. The van der Waals surface area contributed by atoms with Crippen molar-refractivity contribution in [3.05, 3.63) is 80.8 Å². The molecule has 3 aromatic rings. The van der Waals surface area contributed by atoms with E-state index < -0.39 is 17.8 Å². The first-order valence-corrected chi connectivity index (χ1v) is 13.8. The normalized spacial score (nSPS) is 11.9. The number of benzene rings is 2. The molecule has 196 valence electrons. The summed E-state index contributed by atoms with van der Waals surface area (Å²) >= 11 is 16.5. The smallest absolute Gasteiger partial charge is 0.253 e. The van der Waals surface area contributed by atoms with Gasteiger partial charge in [0.25, 0.3) is 5.91 Å². The van der Waals surface area contributed by atoms with Crippen molar-refractivity contribution in [1.82, 2.24) is 20.1 Å². The van der Waals surface area contributed by atoms with Crippen LogP contribution in [-0.4, -0.2) is 32.3 Å². The number of nitrogens with one attached hydrogen (secondary N) is 2. The Morgan fingerprint density at radius 1 is 1.22 bits per heavy atom. The van der Waals surface area contributed by atoms with E-state index in [0.717, 1.165) is 11.8 Å². The second-order valence-corrected chi connectivity index (χ2v) is 11.2. The summed E-state index contributed by atoms with van der Waals surface area (Å²) in [5, 5.41) is 15.3. The Morgan fingerprint density at radius 2 is 1.97 bits per heavy atom. The molecule has 1 atom stereocenters. The van der Waals surface area contributed by atoms with Gasteiger partial charge in [-0.2, -0.15) is 0 Å². The number of hydrogen-bond acceptors (Lipinski definition) is 5. The largest absolute Gasteiger partial charge is 0.342 e. The number of carbonyl (C=O) groups is 2. The number of nitrogens with zero attached hydrogens (tertiary/aromatic N) is 3. The van der Waals surface area contributed by atoms with Crippen LogP contribution in [0, 0.1) is 11.7 Å². The molecule has 0 unspecified atom stereocenters. The number of amides is 2. The molecule has 0 spiro atoms. The summed E-state index contributed by atoms with van der Waals surface area (Å²) < 4.78 is 16.4. The van der Waals surface area contributed by atoms with E-state index in [1.54, 1.807) is 28.8 Å². The molecule has 0 saturated heterocycles. The molecule has 2 aromatic carbocycles. The zero-order valence-corrected chi connectivity index (χ0v) is 24.0. The molecule has 0 aliphatic heterocycles. The summed E-state index contributed by atoms with van der Waals surface area (Å²) in [4.78, 5) is 25.5. The molecule has 2 amide bonds. The Balaban J connectivity index is 1.79. The number of hydrogen-bond donors (Lipinski definition) is 2. The minimum Gasteiger partial charge on any atom is -0.342 e. The van der Waals surface area contributed by atoms with Crippen molar-refractivity contribution in [1.29, 1.82) is 0 Å². The number of halogens is 4. The second-order valence-electron chi connectivity index (χ2n) is 8.48. The van der Waals surface area contributed by atoms with Gasteiger partial charge in [-0.15, -0.1) is 16.8 Å². The number of carbonyl (C=O) groups excluding carboxylic acids is 2. The van der Waals surface area contributed by atoms with E-state index in [-0.39, 0.29) is 28.3 Å². The SMILES string of the molecule is C=CCn1c(SCC(=O)Nc2ccc(Br)cc2F)nnc1[C@@H](CC(C)C)NC(=O)c1ccc(Cl)cc1Cl. The van der Waals surface area contributed by atoms with Crippen LogP contribution in [0.2, 0.25) is 10.0 Å². The molecule has 0 aliphatic carbocycles. The first-order chi connectivity index (χ1) is 17.6. The van der Waals surface area contributed by atoms with Crippen LogP contribution in [0.4, 0.5) is 10.1 Å². The summed E-state index contributed by atoms with van der Waals surface area (Å²) in [5.74, 6) is -0.586. The molecule has 0 fully saturated rings. The van der Waals surface area contributed by atoms with Gasteiger partial charge < -0.3 is 15.2 Å². The zero-order valence-electron chi connectivity index (χ0n) is 20.1. The zero-order chi connectivity index (χ0) is 27.1. The van der Waals surface area contributed by atoms with E-state index in [1.165, 1.54) is 18.2 Å². The molecular formula is C25H25BrCl2FN5O2S. The lowest BCUT2D eigenvalue weighted by Crippen LogP contribution is -2.32. The maximum Gasteiger partial charge on any atom is 0.253 e. The molecule has 37 heavy (non-hydrogen) atoms. The number of aromatic nitrogens is 3. The van der Waals surface area contributed by atoms with Crippen LogP contribution in [0.1, 0.15) is 42.5 Å². The molecule has 1 aromatic heterocycles. The van der Waals surface area contributed by atoms with Crippen molar-refractivity contribution in [3.8, 4) is 0 Å². The molecule has 0 bridgehead atoms. The average Bonchev–Trinajstić information content (AvgIpc) is 3.21. The van der Waals surface area contributed by atoms with Crippen molar-refractivity contribution >= 4 is 68.4 Å². The van der Waals surface area contributed by atoms with E-state index in [4.69, 9.17) is 23.2 Å². The summed E-state index contributed by atoms with van der Waals surface area (Å²) in [7, 11) is 0. The van der Waals surface area contributed by atoms with Gasteiger partial charge in [-0.25, -0.2) is 4.39 Å². The fourth-order valence-electron chi connectivity index (χ4n) is 3.48. The second kappa shape index (κ2) is 13.4. The molecule has 7 nitrogen and oxygen atoms in total. The van der Waals surface area contributed by atoms with Crippen LogP contribution in [0.15, 0.2) is 58.7 Å². The van der Waals surface area contributed by atoms with Gasteiger partial charge in [-0.1, -0.05) is 70.8 Å². The third kappa shape index (κ3) is 8.04. The lowest BCUT2D eigenvalue weighted by molar-refractivity contribution is -0.113. The van der Waals surface area contributed by atoms with Crippen molar-refractivity contribution in [2.24, 2.45) is 5.92 Å². The third-order valence-corrected chi connectivity index (χ3v) is 7.10. The molecular weight excluding hydrogens is 604 g/mol. The number of allylic oxidation sites excluding steroid dienone is 1. The monoisotopic (exact) mass is 627 g/mol. The topological polar surface area (TPSA) is 88.9 Å². The highest BCUT2D eigenvalue weighted by Gasteiger charge is 2.25. The molecule has 12 heteroatoms. The van der Waals surface area contributed by atoms with Gasteiger partial charge in [0.2, 0.25) is 5.91 Å². The highest BCUT2D eigenvalue weighted by atomic mass is 79.9. The Bertz CT molecular complexity index is 1300. The summed E-state index contributed by atoms with van der Waals surface area (Å²) in [6.07, 6.45) is 2.26. The Kier molecular flexibility index (Phi) is 10.6. The standard InChI is InChI=1S/C25H25BrCl2FN5O2S/c1-4-9-34-23(21(10-14(2)3)31-24(36)17-7-6-16(27)12-18(17)28)32-33-25(34)37-13-22(35)30-20-8-5-15(26)11-19(20)29/h4-8,11-12,14,21H,1,9-10,13H2,2-3H3,(H,30,35)(H,31,36)/t21-/m1/s1. The highest BCUT2D eigenvalue weighted by Crippen LogP contribution is 2.27. The quantitative estimate of drug-likeness (QED) is 0.178. The van der Waals surface area contributed by atoms with Crippen LogP contribution in [0.5, 0.6) is 0 Å². The van der Waals surface area contributed by atoms with Crippen LogP contribution in [-0.2, 0) is 11.3 Å². The van der Waals surface area contributed by atoms with Crippen molar-refractivity contribution < 1.29 is 14.0 Å². The van der Waals surface area contributed by atoms with Crippen LogP contribution < -0.4 is 10.6 Å². The van der Waals surface area contributed by atoms with Crippen LogP contribution in [0.25, 0.3) is 0 Å². The van der Waals surface area contributed by atoms with Gasteiger partial charge in [-0.3, -0.25) is 9.59 Å². The van der Waals surface area contributed by atoms with Crippen molar-refractivity contribution in [3.63, 3.8) is 0 Å². The van der Waals surface area contributed by atoms with Crippen molar-refractivity contribution in [2.75, 3.05) is 11.1 Å². The first kappa shape index (κ1) is 29.2. The summed E-state index contributed by atoms with van der Waals surface area (Å²) in [6, 6.07) is 8.58. The fourth-order valence-corrected chi connectivity index (χ4v) is 5.06. The first-order valence-electron chi connectivity index (χ1n) is 11.3. The highest BCUT2D eigenvalue weighted by molar-refractivity contribution is 9.10. The maximum atomic E-state index is 14.1. The van der Waals surface area contributed by atoms with E-state index >= 15 is 0 Å². The van der Waals surface area contributed by atoms with Gasteiger partial charge >= 0.3 is 0 Å². The van der Waals surface area contributed by atoms with Crippen LogP contribution in [0.3, 0.4) is 0 Å². The molecule has 3 rings (SSSR count). The molecule has 2 N–H and O–H groups in total. The van der Waals surface area contributed by atoms with Crippen LogP contribution >= 0.6 is 50.9 Å². The van der Waals surface area contributed by atoms with Gasteiger partial charge in [0, 0.05) is 16.0 Å². The molecule has 1 heterocycles. The summed E-state index contributed by atoms with van der Waals surface area (Å²) in [5.41, 5.74) is 0.378. The average molecular weight is 629 g/mol. The van der Waals surface area contributed by atoms with Gasteiger partial charge in [0.05, 0.1) is 28.1 Å². The number of anilines is 1. The predicted octanol–water partition coefficient (Wildman–Crippen LogP) is 6.92. The Labute approximate surface area is 237 Å².